The Morgan fingerprint density at radius 3 is 2.54 bits per heavy atom. The first-order valence-corrected chi connectivity index (χ1v) is 7.91. The lowest BCUT2D eigenvalue weighted by molar-refractivity contribution is 0.0795. The van der Waals surface area contributed by atoms with Crippen molar-refractivity contribution in [3.8, 4) is 17.2 Å². The first-order valence-electron chi connectivity index (χ1n) is 7.91. The molecule has 0 spiro atoms. The van der Waals surface area contributed by atoms with E-state index in [4.69, 9.17) is 4.74 Å². The fraction of sp³-hybridized carbons (Fsp3) is 0.250. The van der Waals surface area contributed by atoms with Crippen molar-refractivity contribution in [3.63, 3.8) is 0 Å². The molecule has 0 aliphatic carbocycles. The Hall–Kier alpha value is -2.75. The van der Waals surface area contributed by atoms with Crippen molar-refractivity contribution in [2.45, 2.75) is 32.3 Å². The molecule has 0 unspecified atom stereocenters. The standard InChI is InChI=1S/C20H20O4/c1-20(2)12-11-16-15(8-10-18(23)19(16)24-20)17(22)9-5-13-3-6-14(21)7-4-13/h3-10,21,23H,11-12H2,1-2H3. The van der Waals surface area contributed by atoms with E-state index in [1.54, 1.807) is 36.4 Å². The van der Waals surface area contributed by atoms with Gasteiger partial charge in [-0.1, -0.05) is 18.2 Å². The Morgan fingerprint density at radius 1 is 1.12 bits per heavy atom. The molecule has 0 amide bonds. The fourth-order valence-corrected chi connectivity index (χ4v) is 2.81. The molecule has 0 atom stereocenters. The van der Waals surface area contributed by atoms with Crippen molar-refractivity contribution in [2.24, 2.45) is 0 Å². The molecule has 1 aliphatic heterocycles. The summed E-state index contributed by atoms with van der Waals surface area (Å²) in [5.41, 5.74) is 1.78. The van der Waals surface area contributed by atoms with Crippen LogP contribution < -0.4 is 4.74 Å². The minimum atomic E-state index is -0.353. The van der Waals surface area contributed by atoms with Crippen LogP contribution in [0, 0.1) is 0 Å². The number of ketones is 1. The first-order chi connectivity index (χ1) is 11.4. The third kappa shape index (κ3) is 3.27. The summed E-state index contributed by atoms with van der Waals surface area (Å²) < 4.78 is 5.86. The Labute approximate surface area is 141 Å². The zero-order valence-electron chi connectivity index (χ0n) is 13.7. The van der Waals surface area contributed by atoms with Crippen LogP contribution in [0.25, 0.3) is 6.08 Å². The van der Waals surface area contributed by atoms with Crippen molar-refractivity contribution in [3.05, 3.63) is 59.2 Å². The van der Waals surface area contributed by atoms with Crippen molar-refractivity contribution in [1.29, 1.82) is 0 Å². The smallest absolute Gasteiger partial charge is 0.186 e. The molecule has 0 aromatic heterocycles. The molecule has 0 fully saturated rings. The highest BCUT2D eigenvalue weighted by molar-refractivity contribution is 6.08. The maximum absolute atomic E-state index is 12.6. The summed E-state index contributed by atoms with van der Waals surface area (Å²) in [6.45, 7) is 3.93. The van der Waals surface area contributed by atoms with E-state index in [1.165, 1.54) is 12.1 Å². The van der Waals surface area contributed by atoms with E-state index in [0.29, 0.717) is 17.7 Å². The van der Waals surface area contributed by atoms with Crippen molar-refractivity contribution in [1.82, 2.24) is 0 Å². The van der Waals surface area contributed by atoms with Gasteiger partial charge in [-0.2, -0.15) is 0 Å². The number of carbonyl (C=O) groups is 1. The zero-order valence-corrected chi connectivity index (χ0v) is 13.7. The highest BCUT2D eigenvalue weighted by atomic mass is 16.5. The number of fused-ring (bicyclic) bond motifs is 1. The highest BCUT2D eigenvalue weighted by Gasteiger charge is 2.31. The van der Waals surface area contributed by atoms with Crippen LogP contribution in [0.15, 0.2) is 42.5 Å². The molecule has 2 N–H and O–H groups in total. The van der Waals surface area contributed by atoms with Crippen molar-refractivity contribution < 1.29 is 19.7 Å². The van der Waals surface area contributed by atoms with Gasteiger partial charge in [-0.3, -0.25) is 4.79 Å². The number of aromatic hydroxyl groups is 2. The maximum atomic E-state index is 12.6. The number of hydrogen-bond donors (Lipinski definition) is 2. The van der Waals surface area contributed by atoms with Crippen LogP contribution in [0.5, 0.6) is 17.2 Å². The van der Waals surface area contributed by atoms with E-state index in [0.717, 1.165) is 17.5 Å². The Balaban J connectivity index is 1.90. The number of ether oxygens (including phenoxy) is 1. The second-order valence-corrected chi connectivity index (χ2v) is 6.59. The summed E-state index contributed by atoms with van der Waals surface area (Å²) in [5, 5.41) is 19.3. The van der Waals surface area contributed by atoms with Gasteiger partial charge in [-0.25, -0.2) is 0 Å². The SMILES string of the molecule is CC1(C)CCc2c(C(=O)C=Cc3ccc(O)cc3)ccc(O)c2O1. The molecular weight excluding hydrogens is 304 g/mol. The fourth-order valence-electron chi connectivity index (χ4n) is 2.81. The molecule has 4 nitrogen and oxygen atoms in total. The lowest BCUT2D eigenvalue weighted by Crippen LogP contribution is -2.33. The molecule has 2 aromatic rings. The third-order valence-electron chi connectivity index (χ3n) is 4.18. The minimum Gasteiger partial charge on any atom is -0.508 e. The van der Waals surface area contributed by atoms with E-state index in [1.807, 2.05) is 13.8 Å². The van der Waals surface area contributed by atoms with Crippen LogP contribution in [0.1, 0.15) is 41.8 Å². The lowest BCUT2D eigenvalue weighted by atomic mass is 9.89. The van der Waals surface area contributed by atoms with E-state index in [9.17, 15) is 15.0 Å². The van der Waals surface area contributed by atoms with Gasteiger partial charge in [0.25, 0.3) is 0 Å². The first kappa shape index (κ1) is 16.1. The van der Waals surface area contributed by atoms with Crippen LogP contribution >= 0.6 is 0 Å². The summed E-state index contributed by atoms with van der Waals surface area (Å²) in [6.07, 6.45) is 4.67. The molecule has 124 valence electrons. The van der Waals surface area contributed by atoms with Crippen molar-refractivity contribution in [2.75, 3.05) is 0 Å². The predicted octanol–water partition coefficient (Wildman–Crippen LogP) is 4.10. The monoisotopic (exact) mass is 324 g/mol. The molecular formula is C20H20O4. The average Bonchev–Trinajstić information content (AvgIpc) is 2.54. The van der Waals surface area contributed by atoms with E-state index in [-0.39, 0.29) is 22.9 Å². The van der Waals surface area contributed by atoms with Gasteiger partial charge < -0.3 is 14.9 Å². The van der Waals surface area contributed by atoms with E-state index >= 15 is 0 Å². The number of hydrogen-bond acceptors (Lipinski definition) is 4. The molecule has 1 aliphatic rings. The quantitative estimate of drug-likeness (QED) is 0.659. The number of phenolic OH excluding ortho intramolecular Hbond substituents is 2. The number of allylic oxidation sites excluding steroid dienone is 1. The summed E-state index contributed by atoms with van der Waals surface area (Å²) in [6, 6.07) is 9.75. The van der Waals surface area contributed by atoms with Gasteiger partial charge in [-0.05, 0) is 62.6 Å². The molecule has 4 heteroatoms. The Kier molecular flexibility index (Phi) is 4.06. The minimum absolute atomic E-state index is 0.0665. The predicted molar refractivity (Wildman–Crippen MR) is 92.6 cm³/mol. The number of phenols is 2. The number of rotatable bonds is 3. The van der Waals surface area contributed by atoms with E-state index < -0.39 is 0 Å². The Bertz CT molecular complexity index is 801. The second kappa shape index (κ2) is 6.04. The third-order valence-corrected chi connectivity index (χ3v) is 4.18. The van der Waals surface area contributed by atoms with Gasteiger partial charge in [0, 0.05) is 11.1 Å². The molecule has 0 radical (unpaired) electrons. The maximum Gasteiger partial charge on any atom is 0.186 e. The Morgan fingerprint density at radius 2 is 1.83 bits per heavy atom. The van der Waals surface area contributed by atoms with Crippen LogP contribution in [-0.2, 0) is 6.42 Å². The number of carbonyl (C=O) groups excluding carboxylic acids is 1. The topological polar surface area (TPSA) is 66.8 Å². The van der Waals surface area contributed by atoms with Gasteiger partial charge >= 0.3 is 0 Å². The molecule has 2 aromatic carbocycles. The lowest BCUT2D eigenvalue weighted by Gasteiger charge is -2.33. The summed E-state index contributed by atoms with van der Waals surface area (Å²) in [7, 11) is 0. The van der Waals surface area contributed by atoms with Gasteiger partial charge in [0.15, 0.2) is 17.3 Å². The van der Waals surface area contributed by atoms with Crippen LogP contribution in [-0.4, -0.2) is 21.6 Å². The normalized spacial score (nSPS) is 15.8. The average molecular weight is 324 g/mol. The van der Waals surface area contributed by atoms with Gasteiger partial charge in [0.2, 0.25) is 0 Å². The van der Waals surface area contributed by atoms with Crippen molar-refractivity contribution >= 4 is 11.9 Å². The van der Waals surface area contributed by atoms with Crippen LogP contribution in [0.3, 0.4) is 0 Å². The molecule has 0 bridgehead atoms. The number of benzene rings is 2. The second-order valence-electron chi connectivity index (χ2n) is 6.59. The van der Waals surface area contributed by atoms with Crippen LogP contribution in [0.4, 0.5) is 0 Å². The molecule has 0 saturated carbocycles. The largest absolute Gasteiger partial charge is 0.508 e. The molecule has 1 heterocycles. The van der Waals surface area contributed by atoms with Crippen LogP contribution in [0.2, 0.25) is 0 Å². The zero-order chi connectivity index (χ0) is 17.3. The molecule has 0 saturated heterocycles. The highest BCUT2D eigenvalue weighted by Crippen LogP contribution is 2.41. The molecule has 24 heavy (non-hydrogen) atoms. The summed E-state index contributed by atoms with van der Waals surface area (Å²) in [5.74, 6) is 0.528. The van der Waals surface area contributed by atoms with E-state index in [2.05, 4.69) is 0 Å². The van der Waals surface area contributed by atoms with Gasteiger partial charge in [0.1, 0.15) is 11.4 Å². The summed E-state index contributed by atoms with van der Waals surface area (Å²) in [4.78, 5) is 12.6. The summed E-state index contributed by atoms with van der Waals surface area (Å²) >= 11 is 0. The molecule has 3 rings (SSSR count). The van der Waals surface area contributed by atoms with Gasteiger partial charge in [-0.15, -0.1) is 0 Å². The van der Waals surface area contributed by atoms with Gasteiger partial charge in [0.05, 0.1) is 0 Å².